The molecule has 2 unspecified atom stereocenters. The highest BCUT2D eigenvalue weighted by Crippen LogP contribution is 2.31. The van der Waals surface area contributed by atoms with Crippen molar-refractivity contribution in [2.75, 3.05) is 6.54 Å². The highest BCUT2D eigenvalue weighted by Gasteiger charge is 2.36. The average Bonchev–Trinajstić information content (AvgIpc) is 2.83. The number of rotatable bonds is 2. The van der Waals surface area contributed by atoms with Gasteiger partial charge in [-0.2, -0.15) is 0 Å². The monoisotopic (exact) mass is 258 g/mol. The number of fused-ring (bicyclic) bond motifs is 1. The van der Waals surface area contributed by atoms with Gasteiger partial charge in [-0.05, 0) is 56.7 Å². The smallest absolute Gasteiger partial charge is 0.240 e. The molecule has 3 nitrogen and oxygen atoms in total. The van der Waals surface area contributed by atoms with Crippen molar-refractivity contribution in [3.05, 3.63) is 35.4 Å². The molecule has 0 bridgehead atoms. The molecule has 1 aliphatic heterocycles. The molecule has 1 heterocycles. The zero-order chi connectivity index (χ0) is 13.3. The molecule has 0 spiro atoms. The minimum atomic E-state index is -0.379. The first-order valence-corrected chi connectivity index (χ1v) is 7.33. The zero-order valence-corrected chi connectivity index (χ0v) is 11.5. The average molecular weight is 258 g/mol. The summed E-state index contributed by atoms with van der Waals surface area (Å²) in [6.07, 6.45) is 5.35. The standard InChI is InChI=1S/C16H22N2O/c1-16(10-4-5-11-17-16)15(19)18-14-9-8-12-6-2-3-7-13(12)14/h2-3,6-7,14,17H,4-5,8-11H2,1H3,(H,18,19). The Morgan fingerprint density at radius 1 is 1.37 bits per heavy atom. The minimum absolute atomic E-state index is 0.161. The highest BCUT2D eigenvalue weighted by atomic mass is 16.2. The molecule has 1 aromatic rings. The summed E-state index contributed by atoms with van der Waals surface area (Å²) in [5.74, 6) is 0.161. The van der Waals surface area contributed by atoms with Gasteiger partial charge in [-0.1, -0.05) is 24.3 Å². The van der Waals surface area contributed by atoms with Gasteiger partial charge in [-0.3, -0.25) is 4.79 Å². The van der Waals surface area contributed by atoms with Crippen LogP contribution >= 0.6 is 0 Å². The van der Waals surface area contributed by atoms with Gasteiger partial charge in [-0.25, -0.2) is 0 Å². The van der Waals surface area contributed by atoms with E-state index in [1.807, 2.05) is 6.92 Å². The Bertz CT molecular complexity index is 477. The fourth-order valence-corrected chi connectivity index (χ4v) is 3.27. The van der Waals surface area contributed by atoms with E-state index < -0.39 is 0 Å². The first kappa shape index (κ1) is 12.7. The van der Waals surface area contributed by atoms with Crippen LogP contribution in [0, 0.1) is 0 Å². The van der Waals surface area contributed by atoms with E-state index in [4.69, 9.17) is 0 Å². The van der Waals surface area contributed by atoms with Crippen molar-refractivity contribution in [1.82, 2.24) is 10.6 Å². The Kier molecular flexibility index (Phi) is 3.31. The van der Waals surface area contributed by atoms with Crippen molar-refractivity contribution in [2.45, 2.75) is 50.6 Å². The summed E-state index contributed by atoms with van der Waals surface area (Å²) in [6.45, 7) is 2.98. The Morgan fingerprint density at radius 3 is 3.00 bits per heavy atom. The molecular formula is C16H22N2O. The first-order chi connectivity index (χ1) is 9.19. The maximum atomic E-state index is 12.5. The van der Waals surface area contributed by atoms with Crippen molar-refractivity contribution in [3.63, 3.8) is 0 Å². The Morgan fingerprint density at radius 2 is 2.21 bits per heavy atom. The van der Waals surface area contributed by atoms with E-state index in [0.29, 0.717) is 0 Å². The van der Waals surface area contributed by atoms with E-state index in [-0.39, 0.29) is 17.5 Å². The summed E-state index contributed by atoms with van der Waals surface area (Å²) in [6, 6.07) is 8.65. The van der Waals surface area contributed by atoms with Crippen LogP contribution in [0.15, 0.2) is 24.3 Å². The van der Waals surface area contributed by atoms with Crippen LogP contribution in [0.5, 0.6) is 0 Å². The second kappa shape index (κ2) is 4.97. The molecule has 3 heteroatoms. The van der Waals surface area contributed by atoms with Gasteiger partial charge >= 0.3 is 0 Å². The summed E-state index contributed by atoms with van der Waals surface area (Å²) in [4.78, 5) is 12.5. The first-order valence-electron chi connectivity index (χ1n) is 7.33. The number of nitrogens with one attached hydrogen (secondary N) is 2. The molecule has 2 N–H and O–H groups in total. The second-order valence-corrected chi connectivity index (χ2v) is 5.98. The maximum Gasteiger partial charge on any atom is 0.240 e. The molecule has 0 radical (unpaired) electrons. The van der Waals surface area contributed by atoms with E-state index in [0.717, 1.165) is 32.2 Å². The normalized spacial score (nSPS) is 29.8. The van der Waals surface area contributed by atoms with Crippen LogP contribution in [0.25, 0.3) is 0 Å². The molecule has 2 aliphatic rings. The van der Waals surface area contributed by atoms with Gasteiger partial charge in [0.05, 0.1) is 11.6 Å². The zero-order valence-electron chi connectivity index (χ0n) is 11.5. The number of amides is 1. The van der Waals surface area contributed by atoms with Crippen molar-refractivity contribution >= 4 is 5.91 Å². The Balaban J connectivity index is 1.71. The molecule has 1 aliphatic carbocycles. The third kappa shape index (κ3) is 2.39. The second-order valence-electron chi connectivity index (χ2n) is 5.98. The van der Waals surface area contributed by atoms with Gasteiger partial charge in [0.25, 0.3) is 0 Å². The molecule has 1 saturated heterocycles. The van der Waals surface area contributed by atoms with Gasteiger partial charge < -0.3 is 10.6 Å². The third-order valence-electron chi connectivity index (χ3n) is 4.56. The summed E-state index contributed by atoms with van der Waals surface area (Å²) >= 11 is 0. The highest BCUT2D eigenvalue weighted by molar-refractivity contribution is 5.86. The number of carbonyl (C=O) groups is 1. The van der Waals surface area contributed by atoms with Crippen LogP contribution in [-0.4, -0.2) is 18.0 Å². The number of benzene rings is 1. The van der Waals surface area contributed by atoms with Crippen molar-refractivity contribution in [2.24, 2.45) is 0 Å². The lowest BCUT2D eigenvalue weighted by molar-refractivity contribution is -0.128. The van der Waals surface area contributed by atoms with E-state index in [2.05, 4.69) is 34.9 Å². The molecule has 0 saturated carbocycles. The summed E-state index contributed by atoms with van der Waals surface area (Å²) in [7, 11) is 0. The van der Waals surface area contributed by atoms with E-state index in [9.17, 15) is 4.79 Å². The number of hydrogen-bond donors (Lipinski definition) is 2. The van der Waals surface area contributed by atoms with Gasteiger partial charge in [0.2, 0.25) is 5.91 Å². The Labute approximate surface area is 114 Å². The molecular weight excluding hydrogens is 236 g/mol. The van der Waals surface area contributed by atoms with Gasteiger partial charge in [0, 0.05) is 0 Å². The van der Waals surface area contributed by atoms with Crippen LogP contribution in [0.1, 0.15) is 49.8 Å². The van der Waals surface area contributed by atoms with Crippen LogP contribution < -0.4 is 10.6 Å². The topological polar surface area (TPSA) is 41.1 Å². The van der Waals surface area contributed by atoms with Crippen molar-refractivity contribution < 1.29 is 4.79 Å². The molecule has 19 heavy (non-hydrogen) atoms. The molecule has 1 amide bonds. The van der Waals surface area contributed by atoms with Crippen molar-refractivity contribution in [1.29, 1.82) is 0 Å². The van der Waals surface area contributed by atoms with E-state index in [1.54, 1.807) is 0 Å². The third-order valence-corrected chi connectivity index (χ3v) is 4.56. The predicted molar refractivity (Wildman–Crippen MR) is 75.9 cm³/mol. The number of piperidine rings is 1. The summed E-state index contributed by atoms with van der Waals surface area (Å²) in [5.41, 5.74) is 2.31. The van der Waals surface area contributed by atoms with Gasteiger partial charge in [0.1, 0.15) is 0 Å². The molecule has 1 aromatic carbocycles. The number of hydrogen-bond acceptors (Lipinski definition) is 2. The lowest BCUT2D eigenvalue weighted by atomic mass is 9.89. The summed E-state index contributed by atoms with van der Waals surface area (Å²) in [5, 5.41) is 6.62. The lowest BCUT2D eigenvalue weighted by Crippen LogP contribution is -2.57. The predicted octanol–water partition coefficient (Wildman–Crippen LogP) is 2.32. The lowest BCUT2D eigenvalue weighted by Gasteiger charge is -2.34. The minimum Gasteiger partial charge on any atom is -0.348 e. The largest absolute Gasteiger partial charge is 0.348 e. The van der Waals surface area contributed by atoms with Crippen LogP contribution in [-0.2, 0) is 11.2 Å². The number of carbonyl (C=O) groups excluding carboxylic acids is 1. The fourth-order valence-electron chi connectivity index (χ4n) is 3.27. The van der Waals surface area contributed by atoms with Crippen LogP contribution in [0.4, 0.5) is 0 Å². The SMILES string of the molecule is CC1(C(=O)NC2CCc3ccccc32)CCCCN1. The van der Waals surface area contributed by atoms with E-state index in [1.165, 1.54) is 17.5 Å². The summed E-state index contributed by atoms with van der Waals surface area (Å²) < 4.78 is 0. The van der Waals surface area contributed by atoms with Gasteiger partial charge in [-0.15, -0.1) is 0 Å². The molecule has 2 atom stereocenters. The van der Waals surface area contributed by atoms with Crippen molar-refractivity contribution in [3.8, 4) is 0 Å². The Hall–Kier alpha value is -1.35. The number of aryl methyl sites for hydroxylation is 1. The van der Waals surface area contributed by atoms with E-state index >= 15 is 0 Å². The maximum absolute atomic E-state index is 12.5. The molecule has 102 valence electrons. The fraction of sp³-hybridized carbons (Fsp3) is 0.562. The quantitative estimate of drug-likeness (QED) is 0.855. The van der Waals surface area contributed by atoms with Crippen LogP contribution in [0.3, 0.4) is 0 Å². The van der Waals surface area contributed by atoms with Crippen LogP contribution in [0.2, 0.25) is 0 Å². The molecule has 1 fully saturated rings. The molecule has 3 rings (SSSR count). The molecule has 0 aromatic heterocycles. The van der Waals surface area contributed by atoms with Gasteiger partial charge in [0.15, 0.2) is 0 Å².